The minimum atomic E-state index is -4.10. The molecule has 3 aromatic rings. The lowest BCUT2D eigenvalue weighted by molar-refractivity contribution is 0.0948. The number of benzene rings is 2. The summed E-state index contributed by atoms with van der Waals surface area (Å²) in [5, 5.41) is 2.74. The standard InChI is InChI=1S/C23H28N4O5S/c1-17-21(23(29)27(25(17)2)19-11-6-5-7-12-19)26(3)33(30,31)20-13-8-10-18(16-20)22(28)24-14-9-15-32-4/h5-8,10-13,16H,9,14-15H2,1-4H3,(H,24,28). The Kier molecular flexibility index (Phi) is 7.39. The third kappa shape index (κ3) is 4.86. The molecule has 0 saturated heterocycles. The molecule has 0 spiro atoms. The van der Waals surface area contributed by atoms with Crippen molar-refractivity contribution in [3.05, 3.63) is 76.2 Å². The molecule has 9 nitrogen and oxygen atoms in total. The highest BCUT2D eigenvalue weighted by molar-refractivity contribution is 7.92. The molecular weight excluding hydrogens is 444 g/mol. The van der Waals surface area contributed by atoms with Crippen molar-refractivity contribution in [3.8, 4) is 5.69 Å². The van der Waals surface area contributed by atoms with Crippen molar-refractivity contribution in [2.45, 2.75) is 18.2 Å². The van der Waals surface area contributed by atoms with Crippen molar-refractivity contribution >= 4 is 21.6 Å². The molecule has 0 radical (unpaired) electrons. The lowest BCUT2D eigenvalue weighted by atomic mass is 10.2. The van der Waals surface area contributed by atoms with Gasteiger partial charge in [-0.25, -0.2) is 13.1 Å². The van der Waals surface area contributed by atoms with Crippen molar-refractivity contribution < 1.29 is 17.9 Å². The molecule has 0 aliphatic carbocycles. The zero-order valence-electron chi connectivity index (χ0n) is 19.1. The van der Waals surface area contributed by atoms with Crippen LogP contribution in [0.1, 0.15) is 22.5 Å². The molecule has 1 amide bonds. The average Bonchev–Trinajstić information content (AvgIpc) is 3.04. The van der Waals surface area contributed by atoms with Crippen LogP contribution in [0.5, 0.6) is 0 Å². The highest BCUT2D eigenvalue weighted by Gasteiger charge is 2.29. The monoisotopic (exact) mass is 472 g/mol. The smallest absolute Gasteiger partial charge is 0.296 e. The second-order valence-electron chi connectivity index (χ2n) is 7.51. The number of anilines is 1. The summed E-state index contributed by atoms with van der Waals surface area (Å²) in [6.45, 7) is 2.61. The van der Waals surface area contributed by atoms with Crippen LogP contribution in [0.25, 0.3) is 5.69 Å². The molecule has 176 valence electrons. The second-order valence-corrected chi connectivity index (χ2v) is 9.48. The lowest BCUT2D eigenvalue weighted by Gasteiger charge is -2.18. The van der Waals surface area contributed by atoms with Gasteiger partial charge >= 0.3 is 0 Å². The van der Waals surface area contributed by atoms with Gasteiger partial charge in [-0.15, -0.1) is 0 Å². The number of carbonyl (C=O) groups is 1. The van der Waals surface area contributed by atoms with Gasteiger partial charge in [0.05, 0.1) is 16.3 Å². The molecule has 0 atom stereocenters. The molecule has 2 aromatic carbocycles. The number of ether oxygens (including phenoxy) is 1. The maximum atomic E-state index is 13.4. The molecule has 0 saturated carbocycles. The Hall–Kier alpha value is -3.37. The largest absolute Gasteiger partial charge is 0.385 e. The second kappa shape index (κ2) is 10.1. The third-order valence-corrected chi connectivity index (χ3v) is 7.16. The molecule has 1 heterocycles. The van der Waals surface area contributed by atoms with Crippen LogP contribution in [0.2, 0.25) is 0 Å². The Morgan fingerprint density at radius 3 is 2.48 bits per heavy atom. The Morgan fingerprint density at radius 1 is 1.12 bits per heavy atom. The highest BCUT2D eigenvalue weighted by Crippen LogP contribution is 2.24. The van der Waals surface area contributed by atoms with Gasteiger partial charge in [0.2, 0.25) is 0 Å². The number of rotatable bonds is 9. The van der Waals surface area contributed by atoms with Crippen molar-refractivity contribution in [2.75, 3.05) is 31.6 Å². The minimum Gasteiger partial charge on any atom is -0.385 e. The first-order chi connectivity index (χ1) is 15.7. The van der Waals surface area contributed by atoms with E-state index in [2.05, 4.69) is 5.32 Å². The predicted octanol–water partition coefficient (Wildman–Crippen LogP) is 2.08. The van der Waals surface area contributed by atoms with Crippen LogP contribution in [0.15, 0.2) is 64.3 Å². The summed E-state index contributed by atoms with van der Waals surface area (Å²) in [5.41, 5.74) is 0.905. The van der Waals surface area contributed by atoms with E-state index in [-0.39, 0.29) is 22.1 Å². The van der Waals surface area contributed by atoms with E-state index < -0.39 is 15.6 Å². The van der Waals surface area contributed by atoms with Crippen molar-refractivity contribution in [1.82, 2.24) is 14.7 Å². The van der Waals surface area contributed by atoms with Gasteiger partial charge in [0.15, 0.2) is 0 Å². The fourth-order valence-electron chi connectivity index (χ4n) is 3.51. The number of amides is 1. The molecule has 0 aliphatic rings. The van der Waals surface area contributed by atoms with E-state index in [0.29, 0.717) is 31.0 Å². The first kappa shape index (κ1) is 24.3. The fraction of sp³-hybridized carbons (Fsp3) is 0.304. The van der Waals surface area contributed by atoms with Gasteiger partial charge in [0.25, 0.3) is 21.5 Å². The lowest BCUT2D eigenvalue weighted by Crippen LogP contribution is -2.32. The van der Waals surface area contributed by atoms with E-state index in [9.17, 15) is 18.0 Å². The number of para-hydroxylation sites is 1. The number of nitrogens with one attached hydrogen (secondary N) is 1. The zero-order chi connectivity index (χ0) is 24.2. The Morgan fingerprint density at radius 2 is 1.82 bits per heavy atom. The summed E-state index contributed by atoms with van der Waals surface area (Å²) in [5.74, 6) is -0.381. The number of nitrogens with zero attached hydrogens (tertiary/aromatic N) is 3. The average molecular weight is 473 g/mol. The van der Waals surface area contributed by atoms with Gasteiger partial charge < -0.3 is 10.1 Å². The number of carbonyl (C=O) groups excluding carboxylic acids is 1. The van der Waals surface area contributed by atoms with Crippen LogP contribution in [-0.2, 0) is 21.8 Å². The molecule has 1 N–H and O–H groups in total. The highest BCUT2D eigenvalue weighted by atomic mass is 32.2. The zero-order valence-corrected chi connectivity index (χ0v) is 19.9. The SMILES string of the molecule is COCCCNC(=O)c1cccc(S(=O)(=O)N(C)c2c(C)n(C)n(-c3ccccc3)c2=O)c1. The molecule has 10 heteroatoms. The van der Waals surface area contributed by atoms with E-state index in [1.807, 2.05) is 6.07 Å². The van der Waals surface area contributed by atoms with E-state index in [0.717, 1.165) is 4.31 Å². The number of sulfonamides is 1. The van der Waals surface area contributed by atoms with Crippen LogP contribution in [0.4, 0.5) is 5.69 Å². The first-order valence-electron chi connectivity index (χ1n) is 10.4. The normalized spacial score (nSPS) is 11.4. The van der Waals surface area contributed by atoms with Gasteiger partial charge in [0, 0.05) is 39.9 Å². The van der Waals surface area contributed by atoms with Gasteiger partial charge in [0.1, 0.15) is 5.69 Å². The van der Waals surface area contributed by atoms with E-state index in [1.165, 1.54) is 29.9 Å². The van der Waals surface area contributed by atoms with E-state index >= 15 is 0 Å². The third-order valence-electron chi connectivity index (χ3n) is 5.40. The molecule has 0 unspecified atom stereocenters. The summed E-state index contributed by atoms with van der Waals surface area (Å²) in [7, 11) is 0.514. The topological polar surface area (TPSA) is 103 Å². The van der Waals surface area contributed by atoms with Gasteiger partial charge in [-0.1, -0.05) is 24.3 Å². The predicted molar refractivity (Wildman–Crippen MR) is 127 cm³/mol. The number of hydrogen-bond acceptors (Lipinski definition) is 5. The van der Waals surface area contributed by atoms with Crippen molar-refractivity contribution in [3.63, 3.8) is 0 Å². The number of aromatic nitrogens is 2. The summed E-state index contributed by atoms with van der Waals surface area (Å²) >= 11 is 0. The summed E-state index contributed by atoms with van der Waals surface area (Å²) in [4.78, 5) is 25.6. The first-order valence-corrected chi connectivity index (χ1v) is 11.8. The fourth-order valence-corrected chi connectivity index (χ4v) is 4.81. The van der Waals surface area contributed by atoms with Gasteiger partial charge in [-0.05, 0) is 43.7 Å². The summed E-state index contributed by atoms with van der Waals surface area (Å²) in [6, 6.07) is 14.7. The Labute approximate surface area is 193 Å². The summed E-state index contributed by atoms with van der Waals surface area (Å²) < 4.78 is 35.7. The Balaban J connectivity index is 1.95. The summed E-state index contributed by atoms with van der Waals surface area (Å²) in [6.07, 6.45) is 0.643. The van der Waals surface area contributed by atoms with Crippen LogP contribution in [-0.4, -0.2) is 51.0 Å². The molecule has 0 fully saturated rings. The number of methoxy groups -OCH3 is 1. The molecule has 1 aromatic heterocycles. The van der Waals surface area contributed by atoms with E-state index in [4.69, 9.17) is 4.74 Å². The van der Waals surface area contributed by atoms with Crippen LogP contribution in [0.3, 0.4) is 0 Å². The molecule has 33 heavy (non-hydrogen) atoms. The quantitative estimate of drug-likeness (QED) is 0.481. The van der Waals surface area contributed by atoms with Crippen molar-refractivity contribution in [1.29, 1.82) is 0 Å². The van der Waals surface area contributed by atoms with Crippen molar-refractivity contribution in [2.24, 2.45) is 7.05 Å². The molecular formula is C23H28N4O5S. The maximum Gasteiger partial charge on any atom is 0.296 e. The maximum absolute atomic E-state index is 13.4. The van der Waals surface area contributed by atoms with Crippen LogP contribution in [0, 0.1) is 6.92 Å². The molecule has 0 aliphatic heterocycles. The minimum absolute atomic E-state index is 0.0378. The van der Waals surface area contributed by atoms with E-state index in [1.54, 1.807) is 56.1 Å². The van der Waals surface area contributed by atoms with Crippen LogP contribution < -0.4 is 15.2 Å². The Bertz CT molecular complexity index is 1300. The van der Waals surface area contributed by atoms with Gasteiger partial charge in [-0.2, -0.15) is 0 Å². The van der Waals surface area contributed by atoms with Gasteiger partial charge in [-0.3, -0.25) is 18.6 Å². The van der Waals surface area contributed by atoms with Crippen LogP contribution >= 0.6 is 0 Å². The molecule has 3 rings (SSSR count). The number of hydrogen-bond donors (Lipinski definition) is 1. The molecule has 0 bridgehead atoms.